The summed E-state index contributed by atoms with van der Waals surface area (Å²) in [5.74, 6) is 0.644. The minimum absolute atomic E-state index is 0.119. The number of ether oxygens (including phenoxy) is 1. The molecule has 0 bridgehead atoms. The standard InChI is InChI=1S/C16H15NO4/c1-2-3-12-4-7-14(8-5-12)21-16-9-6-13(11-18)10-15(16)17(19)20/h4-11H,2-3H2,1H3. The van der Waals surface area contributed by atoms with Crippen molar-refractivity contribution < 1.29 is 14.5 Å². The molecule has 0 saturated carbocycles. The van der Waals surface area contributed by atoms with Crippen LogP contribution in [0.5, 0.6) is 11.5 Å². The number of carbonyl (C=O) groups is 1. The molecule has 0 aliphatic rings. The van der Waals surface area contributed by atoms with Crippen molar-refractivity contribution in [3.05, 3.63) is 63.7 Å². The number of aryl methyl sites for hydroxylation is 1. The van der Waals surface area contributed by atoms with E-state index in [1.807, 2.05) is 12.1 Å². The highest BCUT2D eigenvalue weighted by Crippen LogP contribution is 2.32. The summed E-state index contributed by atoms with van der Waals surface area (Å²) >= 11 is 0. The lowest BCUT2D eigenvalue weighted by molar-refractivity contribution is -0.385. The average molecular weight is 285 g/mol. The Bertz CT molecular complexity index is 650. The molecule has 0 atom stereocenters. The molecule has 0 radical (unpaired) electrons. The number of nitro benzene ring substituents is 1. The van der Waals surface area contributed by atoms with Crippen molar-refractivity contribution in [2.24, 2.45) is 0 Å². The lowest BCUT2D eigenvalue weighted by Gasteiger charge is -2.07. The van der Waals surface area contributed by atoms with E-state index in [-0.39, 0.29) is 17.0 Å². The zero-order chi connectivity index (χ0) is 15.2. The van der Waals surface area contributed by atoms with Crippen molar-refractivity contribution >= 4 is 12.0 Å². The van der Waals surface area contributed by atoms with Gasteiger partial charge < -0.3 is 4.74 Å². The van der Waals surface area contributed by atoms with E-state index in [9.17, 15) is 14.9 Å². The molecule has 0 N–H and O–H groups in total. The van der Waals surface area contributed by atoms with Crippen LogP contribution < -0.4 is 4.74 Å². The summed E-state index contributed by atoms with van der Waals surface area (Å²) in [6, 6.07) is 11.6. The molecule has 5 heteroatoms. The second-order valence-corrected chi connectivity index (χ2v) is 4.60. The van der Waals surface area contributed by atoms with E-state index in [0.29, 0.717) is 12.0 Å². The maximum Gasteiger partial charge on any atom is 0.312 e. The van der Waals surface area contributed by atoms with Gasteiger partial charge in [0.1, 0.15) is 12.0 Å². The second-order valence-electron chi connectivity index (χ2n) is 4.60. The number of hydrogen-bond acceptors (Lipinski definition) is 4. The summed E-state index contributed by atoms with van der Waals surface area (Å²) < 4.78 is 5.55. The number of hydrogen-bond donors (Lipinski definition) is 0. The first kappa shape index (κ1) is 14.7. The van der Waals surface area contributed by atoms with Crippen LogP contribution in [0.3, 0.4) is 0 Å². The maximum absolute atomic E-state index is 11.0. The quantitative estimate of drug-likeness (QED) is 0.454. The van der Waals surface area contributed by atoms with Crippen molar-refractivity contribution in [3.63, 3.8) is 0 Å². The van der Waals surface area contributed by atoms with Gasteiger partial charge in [0.2, 0.25) is 5.75 Å². The van der Waals surface area contributed by atoms with Gasteiger partial charge in [0.15, 0.2) is 0 Å². The predicted octanol–water partition coefficient (Wildman–Crippen LogP) is 4.15. The third-order valence-electron chi connectivity index (χ3n) is 3.01. The Kier molecular flexibility index (Phi) is 4.66. The van der Waals surface area contributed by atoms with Gasteiger partial charge in [-0.3, -0.25) is 14.9 Å². The van der Waals surface area contributed by atoms with E-state index in [2.05, 4.69) is 6.92 Å². The Balaban J connectivity index is 2.26. The molecule has 2 aromatic carbocycles. The van der Waals surface area contributed by atoms with Crippen LogP contribution in [-0.2, 0) is 6.42 Å². The Morgan fingerprint density at radius 2 is 1.90 bits per heavy atom. The van der Waals surface area contributed by atoms with E-state index < -0.39 is 4.92 Å². The predicted molar refractivity (Wildman–Crippen MR) is 79.0 cm³/mol. The van der Waals surface area contributed by atoms with Crippen molar-refractivity contribution in [2.45, 2.75) is 19.8 Å². The largest absolute Gasteiger partial charge is 0.450 e. The molecule has 5 nitrogen and oxygen atoms in total. The third kappa shape index (κ3) is 3.66. The molecule has 21 heavy (non-hydrogen) atoms. The lowest BCUT2D eigenvalue weighted by Crippen LogP contribution is -1.95. The third-order valence-corrected chi connectivity index (χ3v) is 3.01. The Morgan fingerprint density at radius 1 is 1.19 bits per heavy atom. The van der Waals surface area contributed by atoms with Gasteiger partial charge in [-0.1, -0.05) is 25.5 Å². The smallest absolute Gasteiger partial charge is 0.312 e. The molecule has 0 unspecified atom stereocenters. The minimum Gasteiger partial charge on any atom is -0.450 e. The fourth-order valence-electron chi connectivity index (χ4n) is 1.98. The normalized spacial score (nSPS) is 10.1. The van der Waals surface area contributed by atoms with Crippen LogP contribution in [0.1, 0.15) is 29.3 Å². The first-order valence-corrected chi connectivity index (χ1v) is 6.64. The Morgan fingerprint density at radius 3 is 2.48 bits per heavy atom. The number of carbonyl (C=O) groups excluding carboxylic acids is 1. The molecular formula is C16H15NO4. The highest BCUT2D eigenvalue weighted by Gasteiger charge is 2.16. The molecule has 0 fully saturated rings. The summed E-state index contributed by atoms with van der Waals surface area (Å²) in [6.45, 7) is 2.10. The van der Waals surface area contributed by atoms with E-state index in [1.54, 1.807) is 12.1 Å². The van der Waals surface area contributed by atoms with Crippen molar-refractivity contribution in [2.75, 3.05) is 0 Å². The Hall–Kier alpha value is -2.69. The van der Waals surface area contributed by atoms with Gasteiger partial charge in [0.05, 0.1) is 4.92 Å². The van der Waals surface area contributed by atoms with Crippen LogP contribution in [0.4, 0.5) is 5.69 Å². The molecule has 0 aliphatic carbocycles. The molecule has 0 aliphatic heterocycles. The van der Waals surface area contributed by atoms with E-state index in [1.165, 1.54) is 23.8 Å². The van der Waals surface area contributed by atoms with Crippen LogP contribution in [0.15, 0.2) is 42.5 Å². The van der Waals surface area contributed by atoms with Gasteiger partial charge in [0.25, 0.3) is 0 Å². The monoisotopic (exact) mass is 285 g/mol. The van der Waals surface area contributed by atoms with E-state index in [4.69, 9.17) is 4.74 Å². The number of benzene rings is 2. The highest BCUT2D eigenvalue weighted by molar-refractivity contribution is 5.77. The number of nitrogens with zero attached hydrogens (tertiary/aromatic N) is 1. The van der Waals surface area contributed by atoms with E-state index in [0.717, 1.165) is 12.8 Å². The Labute approximate surface area is 122 Å². The maximum atomic E-state index is 11.0. The summed E-state index contributed by atoms with van der Waals surface area (Å²) in [5.41, 5.74) is 1.21. The molecule has 0 heterocycles. The number of aldehydes is 1. The minimum atomic E-state index is -0.562. The van der Waals surface area contributed by atoms with Gasteiger partial charge in [-0.2, -0.15) is 0 Å². The highest BCUT2D eigenvalue weighted by atomic mass is 16.6. The summed E-state index contributed by atoms with van der Waals surface area (Å²) in [5, 5.41) is 11.0. The fourth-order valence-corrected chi connectivity index (χ4v) is 1.98. The van der Waals surface area contributed by atoms with Crippen LogP contribution in [0.2, 0.25) is 0 Å². The zero-order valence-corrected chi connectivity index (χ0v) is 11.6. The van der Waals surface area contributed by atoms with Crippen molar-refractivity contribution in [1.82, 2.24) is 0 Å². The number of rotatable bonds is 6. The summed E-state index contributed by atoms with van der Waals surface area (Å²) in [7, 11) is 0. The van der Waals surface area contributed by atoms with Crippen LogP contribution >= 0.6 is 0 Å². The molecule has 108 valence electrons. The molecule has 0 saturated heterocycles. The zero-order valence-electron chi connectivity index (χ0n) is 11.6. The van der Waals surface area contributed by atoms with Gasteiger partial charge in [-0.25, -0.2) is 0 Å². The SMILES string of the molecule is CCCc1ccc(Oc2ccc(C=O)cc2[N+](=O)[O-])cc1. The molecule has 0 spiro atoms. The van der Waals surface area contributed by atoms with Gasteiger partial charge >= 0.3 is 5.69 Å². The van der Waals surface area contributed by atoms with Crippen LogP contribution in [-0.4, -0.2) is 11.2 Å². The van der Waals surface area contributed by atoms with Gasteiger partial charge in [0, 0.05) is 11.6 Å². The topological polar surface area (TPSA) is 69.4 Å². The molecule has 2 aromatic rings. The second kappa shape index (κ2) is 6.65. The van der Waals surface area contributed by atoms with Crippen LogP contribution in [0, 0.1) is 10.1 Å². The molecule has 2 rings (SSSR count). The van der Waals surface area contributed by atoms with Crippen molar-refractivity contribution in [1.29, 1.82) is 0 Å². The average Bonchev–Trinajstić information content (AvgIpc) is 2.49. The van der Waals surface area contributed by atoms with Gasteiger partial charge in [-0.15, -0.1) is 0 Å². The first-order valence-electron chi connectivity index (χ1n) is 6.64. The first-order chi connectivity index (χ1) is 10.1. The number of nitro groups is 1. The van der Waals surface area contributed by atoms with Crippen molar-refractivity contribution in [3.8, 4) is 11.5 Å². The van der Waals surface area contributed by atoms with Gasteiger partial charge in [-0.05, 0) is 36.2 Å². The lowest BCUT2D eigenvalue weighted by atomic mass is 10.1. The fraction of sp³-hybridized carbons (Fsp3) is 0.188. The molecule has 0 aromatic heterocycles. The van der Waals surface area contributed by atoms with Crippen LogP contribution in [0.25, 0.3) is 0 Å². The summed E-state index contributed by atoms with van der Waals surface area (Å²) in [6.07, 6.45) is 2.60. The van der Waals surface area contributed by atoms with E-state index >= 15 is 0 Å². The summed E-state index contributed by atoms with van der Waals surface area (Å²) in [4.78, 5) is 21.2. The molecular weight excluding hydrogens is 270 g/mol. The molecule has 0 amide bonds.